The number of halogens is 1. The Hall–Kier alpha value is -2.09. The van der Waals surface area contributed by atoms with E-state index in [1.54, 1.807) is 10.9 Å². The summed E-state index contributed by atoms with van der Waals surface area (Å²) in [6, 6.07) is 0. The molecule has 0 bridgehead atoms. The number of H-pyrrole nitrogens is 1. The number of nitrogens with zero attached hydrogens (tertiary/aromatic N) is 4. The molecule has 0 aromatic carbocycles. The van der Waals surface area contributed by atoms with Crippen molar-refractivity contribution in [1.29, 1.82) is 0 Å². The summed E-state index contributed by atoms with van der Waals surface area (Å²) in [6.07, 6.45) is 16.3. The lowest BCUT2D eigenvalue weighted by atomic mass is 10.1. The van der Waals surface area contributed by atoms with E-state index in [1.807, 2.05) is 6.20 Å². The molecule has 0 aliphatic heterocycles. The van der Waals surface area contributed by atoms with Crippen molar-refractivity contribution in [3.8, 4) is 0 Å². The van der Waals surface area contributed by atoms with Crippen LogP contribution in [0.5, 0.6) is 0 Å². The van der Waals surface area contributed by atoms with Gasteiger partial charge >= 0.3 is 0 Å². The third-order valence-corrected chi connectivity index (χ3v) is 4.77. The van der Waals surface area contributed by atoms with Gasteiger partial charge in [-0.15, -0.1) is 17.5 Å². The van der Waals surface area contributed by atoms with Gasteiger partial charge in [0.05, 0.1) is 11.9 Å². The molecule has 0 atom stereocenters. The lowest BCUT2D eigenvalue weighted by molar-refractivity contribution is -0.121. The summed E-state index contributed by atoms with van der Waals surface area (Å²) in [6.45, 7) is 3.20. The van der Waals surface area contributed by atoms with Crippen LogP contribution in [-0.4, -0.2) is 37.4 Å². The second kappa shape index (κ2) is 14.8. The van der Waals surface area contributed by atoms with Crippen molar-refractivity contribution in [2.45, 2.75) is 84.1 Å². The summed E-state index contributed by atoms with van der Waals surface area (Å²) in [5.74, 6) is 0.436. The van der Waals surface area contributed by atoms with Gasteiger partial charge in [0, 0.05) is 18.4 Å². The molecule has 2 aromatic heterocycles. The van der Waals surface area contributed by atoms with E-state index in [9.17, 15) is 4.79 Å². The third-order valence-electron chi connectivity index (χ3n) is 4.77. The fourth-order valence-electron chi connectivity index (χ4n) is 3.18. The van der Waals surface area contributed by atoms with Gasteiger partial charge < -0.3 is 16.0 Å². The molecule has 0 fully saturated rings. The predicted octanol–water partition coefficient (Wildman–Crippen LogP) is 3.44. The van der Waals surface area contributed by atoms with Gasteiger partial charge in [-0.3, -0.25) is 4.79 Å². The second-order valence-corrected chi connectivity index (χ2v) is 7.38. The zero-order chi connectivity index (χ0) is 20.0. The molecule has 9 heteroatoms. The summed E-state index contributed by atoms with van der Waals surface area (Å²) < 4.78 is 1.60. The number of nitrogens with one attached hydrogen (secondary N) is 2. The van der Waals surface area contributed by atoms with Crippen molar-refractivity contribution in [2.24, 2.45) is 0 Å². The maximum atomic E-state index is 12.0. The van der Waals surface area contributed by atoms with Crippen LogP contribution in [0.2, 0.25) is 0 Å². The largest absolute Gasteiger partial charge is 0.369 e. The third kappa shape index (κ3) is 10.9. The Labute approximate surface area is 179 Å². The molecule has 2 rings (SSSR count). The molecular formula is C20H36ClN7O. The fourth-order valence-corrected chi connectivity index (χ4v) is 3.18. The van der Waals surface area contributed by atoms with Gasteiger partial charge in [0.1, 0.15) is 6.54 Å². The van der Waals surface area contributed by atoms with Gasteiger partial charge in [-0.1, -0.05) is 57.1 Å². The predicted molar refractivity (Wildman–Crippen MR) is 118 cm³/mol. The highest BCUT2D eigenvalue weighted by molar-refractivity contribution is 5.85. The molecule has 0 unspecified atom stereocenters. The molecule has 29 heavy (non-hydrogen) atoms. The van der Waals surface area contributed by atoms with Crippen molar-refractivity contribution >= 4 is 24.3 Å². The molecule has 2 heterocycles. The van der Waals surface area contributed by atoms with Gasteiger partial charge in [-0.25, -0.2) is 9.67 Å². The molecular weight excluding hydrogens is 390 g/mol. The average Bonchev–Trinajstić information content (AvgIpc) is 3.29. The van der Waals surface area contributed by atoms with Crippen LogP contribution in [0.25, 0.3) is 0 Å². The molecule has 4 N–H and O–H groups in total. The number of hydrogen-bond acceptors (Lipinski definition) is 5. The summed E-state index contributed by atoms with van der Waals surface area (Å²) >= 11 is 0. The van der Waals surface area contributed by atoms with Crippen molar-refractivity contribution in [2.75, 3.05) is 12.3 Å². The number of imidazole rings is 1. The van der Waals surface area contributed by atoms with Gasteiger partial charge in [0.25, 0.3) is 0 Å². The number of aryl methyl sites for hydroxylation is 2. The van der Waals surface area contributed by atoms with Crippen LogP contribution in [0.3, 0.4) is 0 Å². The maximum absolute atomic E-state index is 12.0. The minimum Gasteiger partial charge on any atom is -0.369 e. The number of carbonyl (C=O) groups excluding carboxylic acids is 1. The van der Waals surface area contributed by atoms with Gasteiger partial charge in [-0.2, -0.15) is 0 Å². The molecule has 8 nitrogen and oxygen atoms in total. The zero-order valence-electron chi connectivity index (χ0n) is 17.5. The summed E-state index contributed by atoms with van der Waals surface area (Å²) in [5.41, 5.74) is 7.47. The van der Waals surface area contributed by atoms with Crippen LogP contribution in [0.1, 0.15) is 76.1 Å². The number of aromatic amines is 1. The van der Waals surface area contributed by atoms with E-state index in [0.717, 1.165) is 43.6 Å². The maximum Gasteiger partial charge on any atom is 0.241 e. The lowest BCUT2D eigenvalue weighted by Gasteiger charge is -2.05. The van der Waals surface area contributed by atoms with Crippen LogP contribution in [0.4, 0.5) is 5.95 Å². The lowest BCUT2D eigenvalue weighted by Crippen LogP contribution is -2.28. The second-order valence-electron chi connectivity index (χ2n) is 7.38. The SMILES string of the molecule is CCCCCCCCCCNC(=O)Cn1cc(CCCc2cnc(N)[nH]2)nn1.Cl. The molecule has 0 radical (unpaired) electrons. The van der Waals surface area contributed by atoms with Crippen LogP contribution in [-0.2, 0) is 24.2 Å². The summed E-state index contributed by atoms with van der Waals surface area (Å²) in [7, 11) is 0. The monoisotopic (exact) mass is 425 g/mol. The van der Waals surface area contributed by atoms with E-state index >= 15 is 0 Å². The van der Waals surface area contributed by atoms with Crippen LogP contribution in [0.15, 0.2) is 12.4 Å². The number of nitrogens with two attached hydrogens (primary N) is 1. The Bertz CT molecular complexity index is 686. The molecule has 0 aliphatic carbocycles. The quantitative estimate of drug-likeness (QED) is 0.378. The first-order valence-electron chi connectivity index (χ1n) is 10.6. The minimum absolute atomic E-state index is 0. The number of anilines is 1. The Morgan fingerprint density at radius 3 is 2.52 bits per heavy atom. The Morgan fingerprint density at radius 1 is 1.10 bits per heavy atom. The number of rotatable bonds is 15. The number of aromatic nitrogens is 5. The van der Waals surface area contributed by atoms with E-state index in [0.29, 0.717) is 5.95 Å². The first-order valence-corrected chi connectivity index (χ1v) is 10.6. The van der Waals surface area contributed by atoms with Gasteiger partial charge in [0.15, 0.2) is 5.95 Å². The van der Waals surface area contributed by atoms with Crippen LogP contribution >= 0.6 is 12.4 Å². The molecule has 164 valence electrons. The summed E-state index contributed by atoms with van der Waals surface area (Å²) in [5, 5.41) is 11.2. The first-order chi connectivity index (χ1) is 13.7. The average molecular weight is 426 g/mol. The smallest absolute Gasteiger partial charge is 0.241 e. The number of unbranched alkanes of at least 4 members (excludes halogenated alkanes) is 7. The number of carbonyl (C=O) groups is 1. The Balaban J connectivity index is 0.00000420. The van der Waals surface area contributed by atoms with E-state index in [4.69, 9.17) is 5.73 Å². The molecule has 0 spiro atoms. The van der Waals surface area contributed by atoms with Crippen LogP contribution < -0.4 is 11.1 Å². The molecule has 0 saturated carbocycles. The van der Waals surface area contributed by atoms with Crippen molar-refractivity contribution in [3.05, 3.63) is 23.8 Å². The highest BCUT2D eigenvalue weighted by Gasteiger charge is 2.06. The van der Waals surface area contributed by atoms with Crippen molar-refractivity contribution in [3.63, 3.8) is 0 Å². The van der Waals surface area contributed by atoms with Crippen molar-refractivity contribution in [1.82, 2.24) is 30.3 Å². The molecule has 0 saturated heterocycles. The molecule has 1 amide bonds. The first kappa shape index (κ1) is 24.9. The molecule has 0 aliphatic rings. The van der Waals surface area contributed by atoms with Gasteiger partial charge in [-0.05, 0) is 25.7 Å². The van der Waals surface area contributed by atoms with Crippen LogP contribution in [0, 0.1) is 0 Å². The van der Waals surface area contributed by atoms with E-state index in [2.05, 4.69) is 32.5 Å². The summed E-state index contributed by atoms with van der Waals surface area (Å²) in [4.78, 5) is 19.0. The van der Waals surface area contributed by atoms with E-state index < -0.39 is 0 Å². The highest BCUT2D eigenvalue weighted by atomic mass is 35.5. The topological polar surface area (TPSA) is 115 Å². The van der Waals surface area contributed by atoms with E-state index in [1.165, 1.54) is 44.9 Å². The number of hydrogen-bond donors (Lipinski definition) is 3. The minimum atomic E-state index is -0.00710. The van der Waals surface area contributed by atoms with Gasteiger partial charge in [0.2, 0.25) is 5.91 Å². The Kier molecular flexibility index (Phi) is 12.8. The van der Waals surface area contributed by atoms with Crippen molar-refractivity contribution < 1.29 is 4.79 Å². The molecule has 2 aromatic rings. The zero-order valence-corrected chi connectivity index (χ0v) is 18.3. The standard InChI is InChI=1S/C20H35N7O.ClH/c1-2-3-4-5-6-7-8-9-13-22-19(28)16-27-15-18(25-26-27)12-10-11-17-14-23-20(21)24-17;/h14-15H,2-13,16H2,1H3,(H,22,28)(H3,21,23,24);1H. The van der Waals surface area contributed by atoms with E-state index in [-0.39, 0.29) is 24.9 Å². The highest BCUT2D eigenvalue weighted by Crippen LogP contribution is 2.08. The number of amides is 1. The Morgan fingerprint density at radius 2 is 1.83 bits per heavy atom. The fraction of sp³-hybridized carbons (Fsp3) is 0.700. The normalized spacial score (nSPS) is 10.7. The number of nitrogen functional groups attached to an aromatic ring is 1.